The van der Waals surface area contributed by atoms with Gasteiger partial charge in [-0.05, 0) is 6.42 Å². The van der Waals surface area contributed by atoms with Gasteiger partial charge < -0.3 is 20.1 Å². The molecule has 8 nitrogen and oxygen atoms in total. The molecule has 0 aromatic rings. The number of nitrogens with one attached hydrogen (secondary N) is 2. The van der Waals surface area contributed by atoms with Gasteiger partial charge in [0.1, 0.15) is 0 Å². The topological polar surface area (TPSA) is 92.3 Å². The molecule has 1 fully saturated rings. The number of aliphatic imine (C=N–C) groups is 1. The summed E-state index contributed by atoms with van der Waals surface area (Å²) >= 11 is 0. The van der Waals surface area contributed by atoms with E-state index in [9.17, 15) is 8.42 Å². The van der Waals surface area contributed by atoms with Crippen LogP contribution in [0.15, 0.2) is 4.99 Å². The Morgan fingerprint density at radius 3 is 2.42 bits per heavy atom. The van der Waals surface area contributed by atoms with E-state index in [1.807, 2.05) is 0 Å². The number of halogens is 1. The van der Waals surface area contributed by atoms with Crippen molar-refractivity contribution in [3.05, 3.63) is 0 Å². The van der Waals surface area contributed by atoms with E-state index in [0.29, 0.717) is 32.9 Å². The summed E-state index contributed by atoms with van der Waals surface area (Å²) in [6, 6.07) is 0. The molecule has 0 radical (unpaired) electrons. The van der Waals surface area contributed by atoms with Crippen LogP contribution in [0.5, 0.6) is 0 Å². The summed E-state index contributed by atoms with van der Waals surface area (Å²) in [5, 5.41) is 6.46. The minimum Gasteiger partial charge on any atom is -0.382 e. The van der Waals surface area contributed by atoms with Gasteiger partial charge in [-0.15, -0.1) is 24.0 Å². The molecule has 2 N–H and O–H groups in total. The average molecular weight is 478 g/mol. The lowest BCUT2D eigenvalue weighted by molar-refractivity contribution is 0.0698. The van der Waals surface area contributed by atoms with Gasteiger partial charge in [-0.25, -0.2) is 8.42 Å². The van der Waals surface area contributed by atoms with Crippen molar-refractivity contribution in [1.82, 2.24) is 15.5 Å². The number of ether oxygens (including phenoxy) is 2. The molecule has 10 heteroatoms. The Bertz CT molecular complexity index is 434. The van der Waals surface area contributed by atoms with Gasteiger partial charge >= 0.3 is 0 Å². The first-order valence-electron chi connectivity index (χ1n) is 8.01. The van der Waals surface area contributed by atoms with Gasteiger partial charge in [-0.1, -0.05) is 0 Å². The number of methoxy groups -OCH3 is 1. The second-order valence-electron chi connectivity index (χ2n) is 5.38. The number of hydrogen-bond donors (Lipinski definition) is 2. The van der Waals surface area contributed by atoms with E-state index < -0.39 is 9.84 Å². The van der Waals surface area contributed by atoms with Crippen molar-refractivity contribution in [3.63, 3.8) is 0 Å². The lowest BCUT2D eigenvalue weighted by Gasteiger charge is -2.26. The third kappa shape index (κ3) is 11.4. The third-order valence-electron chi connectivity index (χ3n) is 3.57. The SMILES string of the molecule is CN=C(NCCCOCCOC)NCCN1CCS(=O)(=O)CC1.I. The summed E-state index contributed by atoms with van der Waals surface area (Å²) < 4.78 is 33.0. The smallest absolute Gasteiger partial charge is 0.191 e. The van der Waals surface area contributed by atoms with E-state index in [2.05, 4.69) is 20.5 Å². The largest absolute Gasteiger partial charge is 0.382 e. The predicted molar refractivity (Wildman–Crippen MR) is 107 cm³/mol. The van der Waals surface area contributed by atoms with Crippen LogP contribution in [0.2, 0.25) is 0 Å². The second kappa shape index (κ2) is 14.0. The third-order valence-corrected chi connectivity index (χ3v) is 5.18. The van der Waals surface area contributed by atoms with Crippen LogP contribution < -0.4 is 10.6 Å². The van der Waals surface area contributed by atoms with Crippen molar-refractivity contribution >= 4 is 39.8 Å². The van der Waals surface area contributed by atoms with E-state index >= 15 is 0 Å². The van der Waals surface area contributed by atoms with Crippen molar-refractivity contribution in [2.75, 3.05) is 78.2 Å². The fraction of sp³-hybridized carbons (Fsp3) is 0.929. The maximum Gasteiger partial charge on any atom is 0.191 e. The van der Waals surface area contributed by atoms with Crippen LogP contribution in [-0.4, -0.2) is 97.5 Å². The molecule has 1 saturated heterocycles. The summed E-state index contributed by atoms with van der Waals surface area (Å²) in [5.74, 6) is 1.29. The van der Waals surface area contributed by atoms with Crippen LogP contribution in [0.25, 0.3) is 0 Å². The highest BCUT2D eigenvalue weighted by atomic mass is 127. The van der Waals surface area contributed by atoms with Crippen molar-refractivity contribution in [3.8, 4) is 0 Å². The number of nitrogens with zero attached hydrogens (tertiary/aromatic N) is 2. The van der Waals surface area contributed by atoms with Crippen LogP contribution >= 0.6 is 24.0 Å². The van der Waals surface area contributed by atoms with Crippen molar-refractivity contribution in [2.45, 2.75) is 6.42 Å². The van der Waals surface area contributed by atoms with E-state index in [4.69, 9.17) is 9.47 Å². The quantitative estimate of drug-likeness (QED) is 0.190. The van der Waals surface area contributed by atoms with E-state index in [0.717, 1.165) is 32.0 Å². The van der Waals surface area contributed by atoms with Crippen LogP contribution in [0.4, 0.5) is 0 Å². The number of guanidine groups is 1. The zero-order valence-corrected chi connectivity index (χ0v) is 17.8. The summed E-state index contributed by atoms with van der Waals surface area (Å²) in [7, 11) is 0.587. The van der Waals surface area contributed by atoms with E-state index in [1.165, 1.54) is 0 Å². The lowest BCUT2D eigenvalue weighted by Crippen LogP contribution is -2.46. The van der Waals surface area contributed by atoms with Gasteiger partial charge in [-0.3, -0.25) is 9.89 Å². The number of rotatable bonds is 10. The molecular weight excluding hydrogens is 447 g/mol. The van der Waals surface area contributed by atoms with Crippen LogP contribution in [0, 0.1) is 0 Å². The molecule has 0 spiro atoms. The van der Waals surface area contributed by atoms with Gasteiger partial charge in [0.05, 0.1) is 24.7 Å². The van der Waals surface area contributed by atoms with Gasteiger partial charge in [0, 0.05) is 53.5 Å². The average Bonchev–Trinajstić information content (AvgIpc) is 2.53. The van der Waals surface area contributed by atoms with Crippen molar-refractivity contribution in [2.24, 2.45) is 4.99 Å². The maximum atomic E-state index is 11.4. The summed E-state index contributed by atoms with van der Waals surface area (Å²) in [5.41, 5.74) is 0. The molecular formula is C14H31IN4O4S. The minimum atomic E-state index is -2.80. The summed E-state index contributed by atoms with van der Waals surface area (Å²) in [6.45, 7) is 5.51. The van der Waals surface area contributed by atoms with Gasteiger partial charge in [0.15, 0.2) is 15.8 Å². The molecule has 0 aliphatic carbocycles. The normalized spacial score (nSPS) is 18.0. The first kappa shape index (κ1) is 23.8. The molecule has 1 rings (SSSR count). The Hall–Kier alpha value is -0.170. The molecule has 1 aliphatic rings. The van der Waals surface area contributed by atoms with Crippen LogP contribution in [0.3, 0.4) is 0 Å². The molecule has 0 atom stereocenters. The van der Waals surface area contributed by atoms with Crippen molar-refractivity contribution < 1.29 is 17.9 Å². The zero-order valence-electron chi connectivity index (χ0n) is 14.6. The minimum absolute atomic E-state index is 0. The molecule has 144 valence electrons. The molecule has 0 saturated carbocycles. The van der Waals surface area contributed by atoms with E-state index in [1.54, 1.807) is 14.2 Å². The second-order valence-corrected chi connectivity index (χ2v) is 7.68. The van der Waals surface area contributed by atoms with Gasteiger partial charge in [0.25, 0.3) is 0 Å². The fourth-order valence-corrected chi connectivity index (χ4v) is 3.43. The highest BCUT2D eigenvalue weighted by molar-refractivity contribution is 14.0. The van der Waals surface area contributed by atoms with Gasteiger partial charge in [0.2, 0.25) is 0 Å². The molecule has 0 amide bonds. The Kier molecular flexibility index (Phi) is 13.9. The Morgan fingerprint density at radius 2 is 1.79 bits per heavy atom. The summed E-state index contributed by atoms with van der Waals surface area (Å²) in [4.78, 5) is 6.32. The first-order chi connectivity index (χ1) is 11.1. The Morgan fingerprint density at radius 1 is 1.12 bits per heavy atom. The number of sulfone groups is 1. The van der Waals surface area contributed by atoms with Crippen LogP contribution in [0.1, 0.15) is 6.42 Å². The molecule has 0 aromatic carbocycles. The van der Waals surface area contributed by atoms with Crippen molar-refractivity contribution in [1.29, 1.82) is 0 Å². The summed E-state index contributed by atoms with van der Waals surface area (Å²) in [6.07, 6.45) is 0.897. The molecule has 0 bridgehead atoms. The molecule has 1 heterocycles. The van der Waals surface area contributed by atoms with E-state index in [-0.39, 0.29) is 35.5 Å². The fourth-order valence-electron chi connectivity index (χ4n) is 2.15. The standard InChI is InChI=1S/C14H30N4O4S.HI/c1-15-14(16-4-3-9-22-11-10-21-2)17-5-6-18-7-12-23(19,20)13-8-18;/h3-13H2,1-2H3,(H2,15,16,17);1H. The highest BCUT2D eigenvalue weighted by Crippen LogP contribution is 2.02. The number of hydrogen-bond acceptors (Lipinski definition) is 6. The first-order valence-corrected chi connectivity index (χ1v) is 9.83. The molecule has 1 aliphatic heterocycles. The predicted octanol–water partition coefficient (Wildman–Crippen LogP) is -0.447. The zero-order chi connectivity index (χ0) is 17.0. The maximum absolute atomic E-state index is 11.4. The lowest BCUT2D eigenvalue weighted by atomic mass is 10.4. The molecule has 0 aromatic heterocycles. The molecule has 24 heavy (non-hydrogen) atoms. The highest BCUT2D eigenvalue weighted by Gasteiger charge is 2.20. The molecule has 0 unspecified atom stereocenters. The Balaban J connectivity index is 0.00000529. The monoisotopic (exact) mass is 478 g/mol. The van der Waals surface area contributed by atoms with Gasteiger partial charge in [-0.2, -0.15) is 0 Å². The Labute approximate surface area is 162 Å². The van der Waals surface area contributed by atoms with Crippen LogP contribution in [-0.2, 0) is 19.3 Å².